The third-order valence-corrected chi connectivity index (χ3v) is 2.55. The van der Waals surface area contributed by atoms with Gasteiger partial charge in [0.05, 0.1) is 30.8 Å². The average molecular weight is 253 g/mol. The quantitative estimate of drug-likeness (QED) is 0.618. The fourth-order valence-electron chi connectivity index (χ4n) is 1.59. The van der Waals surface area contributed by atoms with Gasteiger partial charge < -0.3 is 9.30 Å². The summed E-state index contributed by atoms with van der Waals surface area (Å²) >= 11 is 0. The molecule has 0 saturated carbocycles. The summed E-state index contributed by atoms with van der Waals surface area (Å²) in [5.74, 6) is -0.451. The number of methoxy groups -OCH3 is 1. The number of ether oxygens (including phenoxy) is 1. The van der Waals surface area contributed by atoms with Gasteiger partial charge in [0.25, 0.3) is 0 Å². The van der Waals surface area contributed by atoms with Crippen molar-refractivity contribution in [3.63, 3.8) is 0 Å². The van der Waals surface area contributed by atoms with Crippen LogP contribution in [-0.2, 0) is 9.53 Å². The maximum absolute atomic E-state index is 11.4. The highest BCUT2D eigenvalue weighted by molar-refractivity contribution is 5.91. The number of esters is 1. The molecule has 0 amide bonds. The van der Waals surface area contributed by atoms with Crippen molar-refractivity contribution in [2.45, 2.75) is 0 Å². The van der Waals surface area contributed by atoms with E-state index in [4.69, 9.17) is 5.26 Å². The van der Waals surface area contributed by atoms with Crippen LogP contribution in [0.25, 0.3) is 5.70 Å². The van der Waals surface area contributed by atoms with E-state index >= 15 is 0 Å². The van der Waals surface area contributed by atoms with Crippen LogP contribution in [0.5, 0.6) is 0 Å². The molecule has 0 aliphatic rings. The third-order valence-electron chi connectivity index (χ3n) is 2.55. The molecule has 94 valence electrons. The number of carbonyl (C=O) groups is 1. The molecule has 0 N–H and O–H groups in total. The molecular formula is C14H11N3O2. The zero-order valence-electron chi connectivity index (χ0n) is 10.3. The number of rotatable bonds is 3. The lowest BCUT2D eigenvalue weighted by Crippen LogP contribution is -2.02. The maximum atomic E-state index is 11.4. The maximum Gasteiger partial charge on any atom is 0.332 e. The Balaban J connectivity index is 2.46. The molecule has 5 nitrogen and oxygen atoms in total. The first-order valence-corrected chi connectivity index (χ1v) is 5.53. The van der Waals surface area contributed by atoms with Crippen LogP contribution >= 0.6 is 0 Å². The topological polar surface area (TPSA) is 67.9 Å². The lowest BCUT2D eigenvalue weighted by atomic mass is 10.1. The molecule has 0 fully saturated rings. The zero-order valence-corrected chi connectivity index (χ0v) is 10.3. The largest absolute Gasteiger partial charge is 0.466 e. The standard InChI is InChI=1S/C14H11N3O2/c1-19-14(18)8-13(17-7-6-16-10-17)12-4-2-11(9-15)3-5-12/h2-8,10H,1H3/b13-8-. The summed E-state index contributed by atoms with van der Waals surface area (Å²) < 4.78 is 6.35. The first-order chi connectivity index (χ1) is 9.24. The van der Waals surface area contributed by atoms with Gasteiger partial charge in [0.2, 0.25) is 0 Å². The molecule has 1 aromatic heterocycles. The lowest BCUT2D eigenvalue weighted by Gasteiger charge is -2.08. The Bertz CT molecular complexity index is 634. The molecule has 0 radical (unpaired) electrons. The van der Waals surface area contributed by atoms with Crippen LogP contribution < -0.4 is 0 Å². The molecule has 0 aliphatic carbocycles. The Morgan fingerprint density at radius 3 is 2.68 bits per heavy atom. The summed E-state index contributed by atoms with van der Waals surface area (Å²) in [6.45, 7) is 0. The Morgan fingerprint density at radius 1 is 1.42 bits per heavy atom. The number of benzene rings is 1. The fourth-order valence-corrected chi connectivity index (χ4v) is 1.59. The Morgan fingerprint density at radius 2 is 2.16 bits per heavy atom. The molecule has 0 unspecified atom stereocenters. The second-order valence-corrected chi connectivity index (χ2v) is 3.71. The van der Waals surface area contributed by atoms with E-state index in [0.717, 1.165) is 5.56 Å². The highest BCUT2D eigenvalue weighted by atomic mass is 16.5. The smallest absolute Gasteiger partial charge is 0.332 e. The molecule has 0 atom stereocenters. The van der Waals surface area contributed by atoms with E-state index < -0.39 is 5.97 Å². The minimum atomic E-state index is -0.451. The molecule has 19 heavy (non-hydrogen) atoms. The van der Waals surface area contributed by atoms with Crippen LogP contribution in [0.3, 0.4) is 0 Å². The van der Waals surface area contributed by atoms with E-state index in [1.165, 1.54) is 13.2 Å². The highest BCUT2D eigenvalue weighted by Crippen LogP contribution is 2.17. The van der Waals surface area contributed by atoms with E-state index in [2.05, 4.69) is 9.72 Å². The Hall–Kier alpha value is -2.87. The van der Waals surface area contributed by atoms with Crippen molar-refractivity contribution in [2.75, 3.05) is 7.11 Å². The normalized spacial score (nSPS) is 10.8. The van der Waals surface area contributed by atoms with Crippen molar-refractivity contribution in [2.24, 2.45) is 0 Å². The minimum Gasteiger partial charge on any atom is -0.466 e. The predicted molar refractivity (Wildman–Crippen MR) is 68.8 cm³/mol. The van der Waals surface area contributed by atoms with Crippen molar-refractivity contribution in [1.29, 1.82) is 5.26 Å². The molecule has 1 heterocycles. The van der Waals surface area contributed by atoms with Gasteiger partial charge in [-0.1, -0.05) is 12.1 Å². The molecule has 2 rings (SSSR count). The van der Waals surface area contributed by atoms with E-state index in [9.17, 15) is 4.79 Å². The Kier molecular flexibility index (Phi) is 3.74. The summed E-state index contributed by atoms with van der Waals surface area (Å²) in [5.41, 5.74) is 1.99. The van der Waals surface area contributed by atoms with Crippen molar-refractivity contribution < 1.29 is 9.53 Å². The monoisotopic (exact) mass is 253 g/mol. The minimum absolute atomic E-state index is 0.451. The van der Waals surface area contributed by atoms with Crippen LogP contribution in [0.4, 0.5) is 0 Å². The molecule has 0 bridgehead atoms. The first-order valence-electron chi connectivity index (χ1n) is 5.53. The number of carbonyl (C=O) groups excluding carboxylic acids is 1. The van der Waals surface area contributed by atoms with Gasteiger partial charge in [-0.25, -0.2) is 9.78 Å². The number of imidazole rings is 1. The molecule has 0 aliphatic heterocycles. The molecule has 0 saturated heterocycles. The van der Waals surface area contributed by atoms with E-state index in [1.807, 2.05) is 6.07 Å². The fraction of sp³-hybridized carbons (Fsp3) is 0.0714. The third kappa shape index (κ3) is 2.87. The van der Waals surface area contributed by atoms with Gasteiger partial charge in [-0.3, -0.25) is 0 Å². The van der Waals surface area contributed by atoms with Crippen LogP contribution in [0.2, 0.25) is 0 Å². The SMILES string of the molecule is COC(=O)/C=C(/c1ccc(C#N)cc1)n1ccnc1. The highest BCUT2D eigenvalue weighted by Gasteiger charge is 2.07. The summed E-state index contributed by atoms with van der Waals surface area (Å²) in [6, 6.07) is 8.98. The molecule has 1 aromatic carbocycles. The second kappa shape index (κ2) is 5.65. The molecule has 0 spiro atoms. The van der Waals surface area contributed by atoms with E-state index in [0.29, 0.717) is 11.3 Å². The molecule has 5 heteroatoms. The number of hydrogen-bond acceptors (Lipinski definition) is 4. The predicted octanol–water partition coefficient (Wildman–Crippen LogP) is 1.82. The number of aromatic nitrogens is 2. The van der Waals surface area contributed by atoms with E-state index in [-0.39, 0.29) is 0 Å². The summed E-state index contributed by atoms with van der Waals surface area (Å²) in [7, 11) is 1.32. The summed E-state index contributed by atoms with van der Waals surface area (Å²) in [6.07, 6.45) is 6.32. The summed E-state index contributed by atoms with van der Waals surface area (Å²) in [4.78, 5) is 15.4. The van der Waals surface area contributed by atoms with Crippen LogP contribution in [0.1, 0.15) is 11.1 Å². The van der Waals surface area contributed by atoms with Gasteiger partial charge >= 0.3 is 5.97 Å². The number of nitrogens with zero attached hydrogens (tertiary/aromatic N) is 3. The van der Waals surface area contributed by atoms with Crippen LogP contribution in [0, 0.1) is 11.3 Å². The van der Waals surface area contributed by atoms with Gasteiger partial charge in [0.15, 0.2) is 0 Å². The number of nitriles is 1. The average Bonchev–Trinajstić information content (AvgIpc) is 2.98. The van der Waals surface area contributed by atoms with Gasteiger partial charge in [-0.2, -0.15) is 5.26 Å². The lowest BCUT2D eigenvalue weighted by molar-refractivity contribution is -0.134. The van der Waals surface area contributed by atoms with Gasteiger partial charge in [0, 0.05) is 18.5 Å². The first kappa shape index (κ1) is 12.6. The van der Waals surface area contributed by atoms with Crippen molar-refractivity contribution >= 4 is 11.7 Å². The van der Waals surface area contributed by atoms with E-state index in [1.54, 1.807) is 47.6 Å². The molecular weight excluding hydrogens is 242 g/mol. The van der Waals surface area contributed by atoms with Crippen molar-refractivity contribution in [1.82, 2.24) is 9.55 Å². The zero-order chi connectivity index (χ0) is 13.7. The summed E-state index contributed by atoms with van der Waals surface area (Å²) in [5, 5.41) is 8.78. The van der Waals surface area contributed by atoms with Crippen LogP contribution in [-0.4, -0.2) is 22.6 Å². The van der Waals surface area contributed by atoms with Crippen molar-refractivity contribution in [3.05, 3.63) is 60.2 Å². The van der Waals surface area contributed by atoms with Gasteiger partial charge in [-0.05, 0) is 17.7 Å². The van der Waals surface area contributed by atoms with Crippen LogP contribution in [0.15, 0.2) is 49.1 Å². The number of hydrogen-bond donors (Lipinski definition) is 0. The molecule has 2 aromatic rings. The van der Waals surface area contributed by atoms with Crippen molar-refractivity contribution in [3.8, 4) is 6.07 Å². The van der Waals surface area contributed by atoms with Gasteiger partial charge in [0.1, 0.15) is 0 Å². The second-order valence-electron chi connectivity index (χ2n) is 3.71. The van der Waals surface area contributed by atoms with Gasteiger partial charge in [-0.15, -0.1) is 0 Å². The Labute approximate surface area is 110 Å².